The second-order valence-corrected chi connectivity index (χ2v) is 4.74. The highest BCUT2D eigenvalue weighted by atomic mass is 16.5. The largest absolute Gasteiger partial charge is 0.469 e. The zero-order valence-electron chi connectivity index (χ0n) is 13.0. The van der Waals surface area contributed by atoms with Crippen molar-refractivity contribution in [3.05, 3.63) is 35.9 Å². The predicted octanol–water partition coefficient (Wildman–Crippen LogP) is 2.51. The lowest BCUT2D eigenvalue weighted by Crippen LogP contribution is -2.27. The molecule has 0 unspecified atom stereocenters. The minimum Gasteiger partial charge on any atom is -0.469 e. The summed E-state index contributed by atoms with van der Waals surface area (Å²) < 4.78 is 4.56. The van der Waals surface area contributed by atoms with E-state index in [4.69, 9.17) is 5.26 Å². The van der Waals surface area contributed by atoms with Gasteiger partial charge in [0, 0.05) is 11.7 Å². The fourth-order valence-corrected chi connectivity index (χ4v) is 1.60. The highest BCUT2D eigenvalue weighted by Crippen LogP contribution is 2.11. The van der Waals surface area contributed by atoms with E-state index in [1.165, 1.54) is 7.11 Å². The monoisotopic (exact) mass is 300 g/mol. The number of hydrogen-bond acceptors (Lipinski definition) is 4. The molecule has 0 aliphatic heterocycles. The third-order valence-electron chi connectivity index (χ3n) is 2.56. The van der Waals surface area contributed by atoms with Crippen LogP contribution in [-0.2, 0) is 9.53 Å². The maximum absolute atomic E-state index is 11.0. The van der Waals surface area contributed by atoms with Crippen LogP contribution in [0.2, 0.25) is 0 Å². The molecule has 0 aromatic heterocycles. The van der Waals surface area contributed by atoms with Crippen LogP contribution < -0.4 is 10.6 Å². The minimum absolute atomic E-state index is 0.0730. The molecule has 0 bridgehead atoms. The topological polar surface area (TPSA) is 86.5 Å². The molecule has 0 aliphatic rings. The van der Waals surface area contributed by atoms with Gasteiger partial charge >= 0.3 is 5.97 Å². The third kappa shape index (κ3) is 6.57. The van der Waals surface area contributed by atoms with E-state index in [1.54, 1.807) is 6.08 Å². The molecule has 1 aromatic rings. The van der Waals surface area contributed by atoms with Crippen LogP contribution in [0, 0.1) is 11.5 Å². The zero-order chi connectivity index (χ0) is 16.4. The number of rotatable bonds is 5. The van der Waals surface area contributed by atoms with Crippen molar-refractivity contribution in [2.75, 3.05) is 12.4 Å². The number of benzene rings is 1. The molecule has 0 aliphatic carbocycles. The first-order valence-electron chi connectivity index (χ1n) is 6.88. The molecule has 1 rings (SSSR count). The molecule has 1 aromatic carbocycles. The van der Waals surface area contributed by atoms with Gasteiger partial charge in [0.15, 0.2) is 6.19 Å². The molecule has 6 heteroatoms. The molecule has 0 amide bonds. The van der Waals surface area contributed by atoms with Crippen molar-refractivity contribution >= 4 is 23.7 Å². The first-order chi connectivity index (χ1) is 10.5. The second kappa shape index (κ2) is 9.19. The highest BCUT2D eigenvalue weighted by Gasteiger charge is 2.01. The third-order valence-corrected chi connectivity index (χ3v) is 2.56. The molecule has 0 saturated heterocycles. The summed E-state index contributed by atoms with van der Waals surface area (Å²) in [6.07, 6.45) is 5.69. The number of nitriles is 1. The summed E-state index contributed by atoms with van der Waals surface area (Å²) in [5.41, 5.74) is 1.78. The SMILES string of the molecule is COC(=O)CC=Cc1ccc(NC(=NC(C)C)NC#N)cc1. The van der Waals surface area contributed by atoms with Crippen molar-refractivity contribution in [1.82, 2.24) is 5.32 Å². The molecular formula is C16H20N4O2. The van der Waals surface area contributed by atoms with Crippen LogP contribution in [0.4, 0.5) is 5.69 Å². The first-order valence-corrected chi connectivity index (χ1v) is 6.88. The highest BCUT2D eigenvalue weighted by molar-refractivity contribution is 5.94. The molecule has 0 atom stereocenters. The normalized spacial score (nSPS) is 11.3. The Kier molecular flexibility index (Phi) is 7.20. The van der Waals surface area contributed by atoms with Crippen LogP contribution >= 0.6 is 0 Å². The van der Waals surface area contributed by atoms with Gasteiger partial charge in [-0.1, -0.05) is 24.3 Å². The van der Waals surface area contributed by atoms with Crippen molar-refractivity contribution in [1.29, 1.82) is 5.26 Å². The Morgan fingerprint density at radius 1 is 1.41 bits per heavy atom. The van der Waals surface area contributed by atoms with E-state index < -0.39 is 0 Å². The van der Waals surface area contributed by atoms with Gasteiger partial charge < -0.3 is 10.1 Å². The number of methoxy groups -OCH3 is 1. The van der Waals surface area contributed by atoms with E-state index in [9.17, 15) is 4.79 Å². The summed E-state index contributed by atoms with van der Waals surface area (Å²) in [6, 6.07) is 7.61. The Balaban J connectivity index is 2.68. The lowest BCUT2D eigenvalue weighted by molar-refractivity contribution is -0.139. The molecule has 0 radical (unpaired) electrons. The molecule has 116 valence electrons. The summed E-state index contributed by atoms with van der Waals surface area (Å²) in [5, 5.41) is 14.3. The van der Waals surface area contributed by atoms with Crippen molar-refractivity contribution in [2.24, 2.45) is 4.99 Å². The lowest BCUT2D eigenvalue weighted by atomic mass is 10.2. The number of nitrogens with zero attached hydrogens (tertiary/aromatic N) is 2. The average molecular weight is 300 g/mol. The maximum atomic E-state index is 11.0. The van der Waals surface area contributed by atoms with Crippen molar-refractivity contribution in [3.63, 3.8) is 0 Å². The first kappa shape index (κ1) is 17.2. The number of nitrogens with one attached hydrogen (secondary N) is 2. The number of carbonyl (C=O) groups excluding carboxylic acids is 1. The van der Waals surface area contributed by atoms with Gasteiger partial charge in [0.1, 0.15) is 0 Å². The van der Waals surface area contributed by atoms with E-state index >= 15 is 0 Å². The van der Waals surface area contributed by atoms with Crippen molar-refractivity contribution < 1.29 is 9.53 Å². The van der Waals surface area contributed by atoms with Crippen molar-refractivity contribution in [3.8, 4) is 6.19 Å². The Labute approximate surface area is 130 Å². The summed E-state index contributed by atoms with van der Waals surface area (Å²) in [5.74, 6) is 0.137. The van der Waals surface area contributed by atoms with E-state index in [-0.39, 0.29) is 18.4 Å². The molecule has 22 heavy (non-hydrogen) atoms. The number of hydrogen-bond donors (Lipinski definition) is 2. The number of anilines is 1. The van der Waals surface area contributed by atoms with Crippen LogP contribution in [-0.4, -0.2) is 25.1 Å². The number of guanidine groups is 1. The van der Waals surface area contributed by atoms with Gasteiger partial charge in [0.2, 0.25) is 5.96 Å². The standard InChI is InChI=1S/C16H20N4O2/c1-12(2)19-16(18-11-17)20-14-9-7-13(8-10-14)5-4-6-15(21)22-3/h4-5,7-10,12H,6H2,1-3H3,(H2,18,19,20). The minimum atomic E-state index is -0.272. The summed E-state index contributed by atoms with van der Waals surface area (Å²) in [6.45, 7) is 3.85. The lowest BCUT2D eigenvalue weighted by Gasteiger charge is -2.09. The Morgan fingerprint density at radius 2 is 2.09 bits per heavy atom. The van der Waals surface area contributed by atoms with E-state index in [0.29, 0.717) is 5.96 Å². The van der Waals surface area contributed by atoms with Crippen LogP contribution in [0.15, 0.2) is 35.3 Å². The van der Waals surface area contributed by atoms with Gasteiger partial charge in [0.05, 0.1) is 13.5 Å². The number of carbonyl (C=O) groups is 1. The van der Waals surface area contributed by atoms with Crippen LogP contribution in [0.5, 0.6) is 0 Å². The van der Waals surface area contributed by atoms with Gasteiger partial charge in [-0.05, 0) is 31.5 Å². The van der Waals surface area contributed by atoms with Gasteiger partial charge in [-0.25, -0.2) is 4.99 Å². The smallest absolute Gasteiger partial charge is 0.309 e. The van der Waals surface area contributed by atoms with Gasteiger partial charge in [-0.15, -0.1) is 0 Å². The average Bonchev–Trinajstić information content (AvgIpc) is 2.48. The summed E-state index contributed by atoms with van der Waals surface area (Å²) >= 11 is 0. The van der Waals surface area contributed by atoms with E-state index in [1.807, 2.05) is 50.4 Å². The van der Waals surface area contributed by atoms with Crippen LogP contribution in [0.25, 0.3) is 6.08 Å². The molecule has 2 N–H and O–H groups in total. The fraction of sp³-hybridized carbons (Fsp3) is 0.312. The molecule has 0 heterocycles. The van der Waals surface area contributed by atoms with E-state index in [0.717, 1.165) is 11.3 Å². The molecule has 0 spiro atoms. The Hall–Kier alpha value is -2.81. The summed E-state index contributed by atoms with van der Waals surface area (Å²) in [4.78, 5) is 15.3. The molecule has 0 saturated carbocycles. The molecule has 6 nitrogen and oxygen atoms in total. The van der Waals surface area contributed by atoms with Gasteiger partial charge in [-0.2, -0.15) is 5.26 Å². The number of aliphatic imine (C=N–C) groups is 1. The number of esters is 1. The van der Waals surface area contributed by atoms with Crippen LogP contribution in [0.1, 0.15) is 25.8 Å². The second-order valence-electron chi connectivity index (χ2n) is 4.74. The Morgan fingerprint density at radius 3 is 2.64 bits per heavy atom. The van der Waals surface area contributed by atoms with Gasteiger partial charge in [-0.3, -0.25) is 10.1 Å². The number of ether oxygens (including phenoxy) is 1. The maximum Gasteiger partial charge on any atom is 0.309 e. The summed E-state index contributed by atoms with van der Waals surface area (Å²) in [7, 11) is 1.36. The quantitative estimate of drug-likeness (QED) is 0.287. The fourth-order valence-electron chi connectivity index (χ4n) is 1.60. The molecule has 0 fully saturated rings. The predicted molar refractivity (Wildman–Crippen MR) is 87.1 cm³/mol. The zero-order valence-corrected chi connectivity index (χ0v) is 13.0. The van der Waals surface area contributed by atoms with E-state index in [2.05, 4.69) is 20.4 Å². The van der Waals surface area contributed by atoms with Crippen molar-refractivity contribution in [2.45, 2.75) is 26.3 Å². The van der Waals surface area contributed by atoms with Gasteiger partial charge in [0.25, 0.3) is 0 Å². The molecular weight excluding hydrogens is 280 g/mol. The Bertz CT molecular complexity index is 583. The van der Waals surface area contributed by atoms with Crippen LogP contribution in [0.3, 0.4) is 0 Å².